The highest BCUT2D eigenvalue weighted by Gasteiger charge is 2.42. The van der Waals surface area contributed by atoms with Crippen LogP contribution in [-0.2, 0) is 9.47 Å². The number of nitrogens with zero attached hydrogens (tertiary/aromatic N) is 1. The van der Waals surface area contributed by atoms with Crippen molar-refractivity contribution in [3.63, 3.8) is 0 Å². The molecular weight excluding hydrogens is 416 g/mol. The average molecular weight is 447 g/mol. The van der Waals surface area contributed by atoms with Crippen molar-refractivity contribution in [3.05, 3.63) is 35.4 Å². The van der Waals surface area contributed by atoms with Crippen LogP contribution in [-0.4, -0.2) is 53.4 Å². The van der Waals surface area contributed by atoms with Gasteiger partial charge in [0, 0.05) is 12.0 Å². The number of hydrazine groups is 1. The molecular formula is C23H30N2O7. The van der Waals surface area contributed by atoms with E-state index in [2.05, 4.69) is 5.43 Å². The first-order valence-electron chi connectivity index (χ1n) is 10.4. The average Bonchev–Trinajstić information content (AvgIpc) is 3.07. The number of nitrogens with one attached hydrogen (secondary N) is 1. The zero-order valence-corrected chi connectivity index (χ0v) is 19.5. The molecule has 2 aliphatic rings. The lowest BCUT2D eigenvalue weighted by Gasteiger charge is -2.32. The molecule has 2 amide bonds. The molecule has 9 nitrogen and oxygen atoms in total. The van der Waals surface area contributed by atoms with Gasteiger partial charge in [0.15, 0.2) is 5.78 Å². The van der Waals surface area contributed by atoms with Crippen LogP contribution in [0.5, 0.6) is 11.5 Å². The van der Waals surface area contributed by atoms with Crippen molar-refractivity contribution in [1.29, 1.82) is 0 Å². The van der Waals surface area contributed by atoms with Crippen LogP contribution in [0, 0.1) is 0 Å². The van der Waals surface area contributed by atoms with Crippen LogP contribution >= 0.6 is 0 Å². The van der Waals surface area contributed by atoms with Crippen molar-refractivity contribution < 1.29 is 33.3 Å². The standard InChI is InChI=1S/C23H30N2O7/c1-22(2,3)31-20(27)24-25(21(28)32-23(4,5)6)13-10-15-18(11-13)30-17-9-8-14(29-7)12-16(17)19(15)26/h8-10,12-13,18H,11H2,1-7H3,(H,24,27). The molecule has 0 aromatic heterocycles. The lowest BCUT2D eigenvalue weighted by molar-refractivity contribution is -0.00653. The number of hydrogen-bond donors (Lipinski definition) is 1. The number of hydrogen-bond acceptors (Lipinski definition) is 7. The first-order chi connectivity index (χ1) is 14.8. The number of rotatable bonds is 2. The Morgan fingerprint density at radius 2 is 1.75 bits per heavy atom. The van der Waals surface area contributed by atoms with E-state index in [1.54, 1.807) is 65.8 Å². The number of Topliss-reactive ketones (excluding diaryl/α,β-unsaturated/α-hetero) is 1. The molecule has 3 rings (SSSR count). The molecule has 9 heteroatoms. The van der Waals surface area contributed by atoms with Gasteiger partial charge in [0.1, 0.15) is 28.8 Å². The second kappa shape index (κ2) is 8.37. The zero-order valence-electron chi connectivity index (χ0n) is 19.5. The molecule has 0 bridgehead atoms. The molecule has 1 aliphatic carbocycles. The predicted molar refractivity (Wildman–Crippen MR) is 116 cm³/mol. The van der Waals surface area contributed by atoms with Gasteiger partial charge in [-0.15, -0.1) is 0 Å². The van der Waals surface area contributed by atoms with Gasteiger partial charge in [0.05, 0.1) is 18.7 Å². The van der Waals surface area contributed by atoms with Crippen molar-refractivity contribution in [2.75, 3.05) is 7.11 Å². The Labute approximate surface area is 187 Å². The number of ether oxygens (including phenoxy) is 4. The Kier molecular flexibility index (Phi) is 6.13. The van der Waals surface area contributed by atoms with Crippen LogP contribution in [0.2, 0.25) is 0 Å². The number of carbonyl (C=O) groups excluding carboxylic acids is 3. The van der Waals surface area contributed by atoms with Gasteiger partial charge in [-0.2, -0.15) is 0 Å². The molecule has 2 unspecified atom stereocenters. The van der Waals surface area contributed by atoms with Gasteiger partial charge < -0.3 is 18.9 Å². The van der Waals surface area contributed by atoms with E-state index in [1.165, 1.54) is 7.11 Å². The molecule has 174 valence electrons. The van der Waals surface area contributed by atoms with Crippen LogP contribution in [0.4, 0.5) is 9.59 Å². The van der Waals surface area contributed by atoms with E-state index >= 15 is 0 Å². The summed E-state index contributed by atoms with van der Waals surface area (Å²) >= 11 is 0. The minimum atomic E-state index is -0.808. The summed E-state index contributed by atoms with van der Waals surface area (Å²) in [6.45, 7) is 10.3. The SMILES string of the molecule is COc1ccc2c(c1)C(=O)C1=CC(N(NC(=O)OC(C)(C)C)C(=O)OC(C)(C)C)CC1O2. The maximum Gasteiger partial charge on any atom is 0.429 e. The van der Waals surface area contributed by atoms with Crippen molar-refractivity contribution in [2.24, 2.45) is 0 Å². The first-order valence-corrected chi connectivity index (χ1v) is 10.4. The zero-order chi connectivity index (χ0) is 23.8. The van der Waals surface area contributed by atoms with Crippen LogP contribution in [0.25, 0.3) is 0 Å². The molecule has 0 saturated heterocycles. The highest BCUT2D eigenvalue weighted by molar-refractivity contribution is 6.12. The maximum absolute atomic E-state index is 13.1. The van der Waals surface area contributed by atoms with E-state index in [9.17, 15) is 14.4 Å². The lowest BCUT2D eigenvalue weighted by Crippen LogP contribution is -2.53. The normalized spacial score (nSPS) is 19.7. The maximum atomic E-state index is 13.1. The Bertz CT molecular complexity index is 956. The van der Waals surface area contributed by atoms with Crippen molar-refractivity contribution in [3.8, 4) is 11.5 Å². The Hall–Kier alpha value is -3.23. The molecule has 0 radical (unpaired) electrons. The minimum absolute atomic E-state index is 0.209. The van der Waals surface area contributed by atoms with Crippen molar-refractivity contribution >= 4 is 18.0 Å². The summed E-state index contributed by atoms with van der Waals surface area (Å²) < 4.78 is 22.0. The minimum Gasteiger partial charge on any atom is -0.497 e. The Morgan fingerprint density at radius 3 is 2.34 bits per heavy atom. The van der Waals surface area contributed by atoms with Gasteiger partial charge in [-0.3, -0.25) is 4.79 Å². The van der Waals surface area contributed by atoms with E-state index in [-0.39, 0.29) is 12.2 Å². The summed E-state index contributed by atoms with van der Waals surface area (Å²) in [7, 11) is 1.52. The summed E-state index contributed by atoms with van der Waals surface area (Å²) in [5.41, 5.74) is 1.72. The Morgan fingerprint density at radius 1 is 1.09 bits per heavy atom. The van der Waals surface area contributed by atoms with Gasteiger partial charge in [0.25, 0.3) is 0 Å². The summed E-state index contributed by atoms with van der Waals surface area (Å²) in [5.74, 6) is 0.776. The molecule has 0 spiro atoms. The molecule has 1 aliphatic heterocycles. The molecule has 32 heavy (non-hydrogen) atoms. The highest BCUT2D eigenvalue weighted by atomic mass is 16.6. The second-order valence-corrected chi connectivity index (χ2v) is 9.69. The van der Waals surface area contributed by atoms with Crippen molar-refractivity contribution in [1.82, 2.24) is 10.4 Å². The summed E-state index contributed by atoms with van der Waals surface area (Å²) in [6, 6.07) is 4.34. The molecule has 1 heterocycles. The van der Waals surface area contributed by atoms with Gasteiger partial charge in [-0.05, 0) is 65.8 Å². The predicted octanol–water partition coefficient (Wildman–Crippen LogP) is 4.01. The van der Waals surface area contributed by atoms with Crippen LogP contribution in [0.15, 0.2) is 29.8 Å². The monoisotopic (exact) mass is 446 g/mol. The number of benzene rings is 1. The number of methoxy groups -OCH3 is 1. The molecule has 1 N–H and O–H groups in total. The molecule has 2 atom stereocenters. The molecule has 0 fully saturated rings. The van der Waals surface area contributed by atoms with Gasteiger partial charge in [-0.1, -0.05) is 0 Å². The third kappa shape index (κ3) is 5.33. The van der Waals surface area contributed by atoms with Crippen LogP contribution in [0.1, 0.15) is 58.3 Å². The van der Waals surface area contributed by atoms with Gasteiger partial charge in [0.2, 0.25) is 0 Å². The van der Waals surface area contributed by atoms with Crippen LogP contribution in [0.3, 0.4) is 0 Å². The van der Waals surface area contributed by atoms with E-state index in [0.29, 0.717) is 22.6 Å². The van der Waals surface area contributed by atoms with Crippen LogP contribution < -0.4 is 14.9 Å². The molecule has 1 aromatic rings. The number of amides is 2. The number of ketones is 1. The Balaban J connectivity index is 1.87. The van der Waals surface area contributed by atoms with E-state index in [1.807, 2.05) is 0 Å². The smallest absolute Gasteiger partial charge is 0.429 e. The summed E-state index contributed by atoms with van der Waals surface area (Å²) in [5, 5.41) is 1.05. The first kappa shape index (κ1) is 23.4. The lowest BCUT2D eigenvalue weighted by atomic mass is 9.97. The largest absolute Gasteiger partial charge is 0.497 e. The number of carbonyl (C=O) groups is 3. The molecule has 0 saturated carbocycles. The van der Waals surface area contributed by atoms with E-state index < -0.39 is 35.5 Å². The topological polar surface area (TPSA) is 103 Å². The fourth-order valence-corrected chi connectivity index (χ4v) is 3.44. The van der Waals surface area contributed by atoms with Gasteiger partial charge >= 0.3 is 12.2 Å². The molecule has 1 aromatic carbocycles. The summed E-state index contributed by atoms with van der Waals surface area (Å²) in [4.78, 5) is 38.4. The third-order valence-corrected chi connectivity index (χ3v) is 4.67. The van der Waals surface area contributed by atoms with Gasteiger partial charge in [-0.25, -0.2) is 20.0 Å². The fraction of sp³-hybridized carbons (Fsp3) is 0.522. The second-order valence-electron chi connectivity index (χ2n) is 9.69. The quantitative estimate of drug-likeness (QED) is 0.685. The fourth-order valence-electron chi connectivity index (χ4n) is 3.44. The number of fused-ring (bicyclic) bond motifs is 2. The highest BCUT2D eigenvalue weighted by Crippen LogP contribution is 2.38. The van der Waals surface area contributed by atoms with Crippen molar-refractivity contribution in [2.45, 2.75) is 71.3 Å². The summed E-state index contributed by atoms with van der Waals surface area (Å²) in [6.07, 6.45) is -0.246. The van der Waals surface area contributed by atoms with E-state index in [0.717, 1.165) is 5.01 Å². The van der Waals surface area contributed by atoms with E-state index in [4.69, 9.17) is 18.9 Å². The third-order valence-electron chi connectivity index (χ3n) is 4.67.